The Morgan fingerprint density at radius 3 is 2.25 bits per heavy atom. The third-order valence-electron chi connectivity index (χ3n) is 5.61. The van der Waals surface area contributed by atoms with Gasteiger partial charge >= 0.3 is 0 Å². The van der Waals surface area contributed by atoms with Crippen LogP contribution in [0.25, 0.3) is 0 Å². The van der Waals surface area contributed by atoms with Crippen molar-refractivity contribution >= 4 is 6.21 Å². The van der Waals surface area contributed by atoms with Gasteiger partial charge in [0.25, 0.3) is 0 Å². The van der Waals surface area contributed by atoms with E-state index in [1.54, 1.807) is 0 Å². The van der Waals surface area contributed by atoms with Gasteiger partial charge in [0.05, 0.1) is 12.8 Å². The second-order valence-corrected chi connectivity index (χ2v) is 7.33. The van der Waals surface area contributed by atoms with Gasteiger partial charge in [-0.25, -0.2) is 4.99 Å². The molecule has 0 fully saturated rings. The fourth-order valence-electron chi connectivity index (χ4n) is 3.85. The van der Waals surface area contributed by atoms with Gasteiger partial charge in [0.15, 0.2) is 12.4 Å². The van der Waals surface area contributed by atoms with Gasteiger partial charge in [-0.1, -0.05) is 57.6 Å². The number of nitrogens with zero attached hydrogens (tertiary/aromatic N) is 2. The lowest BCUT2D eigenvalue weighted by Gasteiger charge is -2.40. The zero-order valence-corrected chi connectivity index (χ0v) is 16.4. The van der Waals surface area contributed by atoms with E-state index in [1.165, 1.54) is 64.2 Å². The Morgan fingerprint density at radius 2 is 1.67 bits per heavy atom. The van der Waals surface area contributed by atoms with Crippen LogP contribution >= 0.6 is 0 Å². The molecule has 3 unspecified atom stereocenters. The van der Waals surface area contributed by atoms with E-state index >= 15 is 0 Å². The highest BCUT2D eigenvalue weighted by Crippen LogP contribution is 2.26. The smallest absolute Gasteiger partial charge is 0.189 e. The average Bonchev–Trinajstić information content (AvgIpc) is 3.00. The van der Waals surface area contributed by atoms with Crippen molar-refractivity contribution in [2.75, 3.05) is 13.1 Å². The van der Waals surface area contributed by atoms with E-state index in [-0.39, 0.29) is 12.4 Å². The molecule has 0 amide bonds. The maximum atomic E-state index is 10.2. The maximum Gasteiger partial charge on any atom is 0.189 e. The molecule has 0 aromatic heterocycles. The van der Waals surface area contributed by atoms with Gasteiger partial charge < -0.3 is 5.11 Å². The van der Waals surface area contributed by atoms with Gasteiger partial charge in [-0.3, -0.25) is 4.48 Å². The summed E-state index contributed by atoms with van der Waals surface area (Å²) in [5.41, 5.74) is 0. The van der Waals surface area contributed by atoms with Crippen LogP contribution in [0, 0.1) is 0 Å². The first kappa shape index (κ1) is 21.4. The van der Waals surface area contributed by atoms with E-state index < -0.39 is 0 Å². The van der Waals surface area contributed by atoms with Crippen molar-refractivity contribution in [3.05, 3.63) is 12.2 Å². The Hall–Kier alpha value is -0.670. The summed E-state index contributed by atoms with van der Waals surface area (Å²) >= 11 is 0. The quantitative estimate of drug-likeness (QED) is 0.255. The molecule has 0 radical (unpaired) electrons. The Bertz CT molecular complexity index is 365. The summed E-state index contributed by atoms with van der Waals surface area (Å²) in [6, 6.07) is 0. The molecule has 1 heterocycles. The molecule has 1 rings (SSSR count). The summed E-state index contributed by atoms with van der Waals surface area (Å²) in [7, 11) is 0. The van der Waals surface area contributed by atoms with Crippen LogP contribution in [0.1, 0.15) is 91.4 Å². The highest BCUT2D eigenvalue weighted by molar-refractivity contribution is 5.60. The number of aliphatic hydroxyl groups is 1. The number of aliphatic imine (C=N–C) groups is 1. The Balaban J connectivity index is 2.00. The summed E-state index contributed by atoms with van der Waals surface area (Å²) in [6.45, 7) is 8.15. The van der Waals surface area contributed by atoms with Crippen LogP contribution in [0.15, 0.2) is 17.1 Å². The van der Waals surface area contributed by atoms with Crippen molar-refractivity contribution < 1.29 is 9.59 Å². The molecule has 0 aromatic carbocycles. The highest BCUT2D eigenvalue weighted by atomic mass is 16.3. The minimum Gasteiger partial charge on any atom is -0.345 e. The first-order valence-electron chi connectivity index (χ1n) is 10.4. The normalized spacial score (nSPS) is 24.9. The minimum atomic E-state index is -0.310. The minimum absolute atomic E-state index is 0.283. The van der Waals surface area contributed by atoms with Crippen LogP contribution in [0.4, 0.5) is 0 Å². The van der Waals surface area contributed by atoms with Crippen LogP contribution in [0.5, 0.6) is 0 Å². The molecule has 0 spiro atoms. The molecular formula is C21H41N2O+. The van der Waals surface area contributed by atoms with Crippen molar-refractivity contribution in [3.63, 3.8) is 0 Å². The summed E-state index contributed by atoms with van der Waals surface area (Å²) < 4.78 is 0.743. The predicted molar refractivity (Wildman–Crippen MR) is 105 cm³/mol. The van der Waals surface area contributed by atoms with Crippen molar-refractivity contribution in [2.24, 2.45) is 4.99 Å². The molecule has 1 aliphatic heterocycles. The second-order valence-electron chi connectivity index (χ2n) is 7.33. The lowest BCUT2D eigenvalue weighted by atomic mass is 10.0. The van der Waals surface area contributed by atoms with Crippen LogP contribution in [0.3, 0.4) is 0 Å². The maximum absolute atomic E-state index is 10.2. The van der Waals surface area contributed by atoms with Gasteiger partial charge in [-0.2, -0.15) is 0 Å². The molecule has 0 aliphatic carbocycles. The van der Waals surface area contributed by atoms with Gasteiger partial charge in [0.1, 0.15) is 6.54 Å². The summed E-state index contributed by atoms with van der Waals surface area (Å²) in [5.74, 6) is 0. The number of hydrogen-bond donors (Lipinski definition) is 1. The van der Waals surface area contributed by atoms with Crippen molar-refractivity contribution in [3.8, 4) is 0 Å². The zero-order chi connectivity index (χ0) is 17.7. The molecule has 0 saturated carbocycles. The largest absolute Gasteiger partial charge is 0.345 e. The summed E-state index contributed by atoms with van der Waals surface area (Å²) in [4.78, 5) is 4.65. The van der Waals surface area contributed by atoms with E-state index in [4.69, 9.17) is 0 Å². The Morgan fingerprint density at radius 1 is 1.04 bits per heavy atom. The van der Waals surface area contributed by atoms with Gasteiger partial charge in [-0.15, -0.1) is 0 Å². The van der Waals surface area contributed by atoms with Crippen LogP contribution in [0.2, 0.25) is 0 Å². The third kappa shape index (κ3) is 7.06. The molecular weight excluding hydrogens is 296 g/mol. The van der Waals surface area contributed by atoms with E-state index in [1.807, 2.05) is 13.1 Å². The number of hydrogen-bond acceptors (Lipinski definition) is 2. The van der Waals surface area contributed by atoms with Crippen molar-refractivity contribution in [2.45, 2.75) is 104 Å². The molecule has 1 N–H and O–H groups in total. The van der Waals surface area contributed by atoms with Crippen molar-refractivity contribution in [1.82, 2.24) is 0 Å². The second kappa shape index (κ2) is 12.7. The van der Waals surface area contributed by atoms with Gasteiger partial charge in [0.2, 0.25) is 0 Å². The Labute approximate surface area is 150 Å². The molecule has 3 atom stereocenters. The number of quaternary nitrogens is 1. The average molecular weight is 338 g/mol. The molecule has 3 nitrogen and oxygen atoms in total. The summed E-state index contributed by atoms with van der Waals surface area (Å²) in [6.07, 6.45) is 21.0. The fourth-order valence-corrected chi connectivity index (χ4v) is 3.85. The van der Waals surface area contributed by atoms with E-state index in [0.717, 1.165) is 24.0 Å². The van der Waals surface area contributed by atoms with Gasteiger partial charge in [-0.05, 0) is 32.6 Å². The van der Waals surface area contributed by atoms with Gasteiger partial charge in [0, 0.05) is 13.3 Å². The lowest BCUT2D eigenvalue weighted by Crippen LogP contribution is -2.57. The Kier molecular flexibility index (Phi) is 11.3. The number of allylic oxidation sites excluding steroid dienone is 2. The molecule has 1 aliphatic rings. The monoisotopic (exact) mass is 337 g/mol. The third-order valence-corrected chi connectivity index (χ3v) is 5.61. The van der Waals surface area contributed by atoms with Crippen LogP contribution in [-0.2, 0) is 0 Å². The lowest BCUT2D eigenvalue weighted by molar-refractivity contribution is -0.976. The number of unbranched alkanes of at least 4 members (excludes halogenated alkanes) is 8. The first-order valence-corrected chi connectivity index (χ1v) is 10.4. The topological polar surface area (TPSA) is 32.6 Å². The fraction of sp³-hybridized carbons (Fsp3) is 0.857. The molecule has 0 saturated heterocycles. The molecule has 140 valence electrons. The number of rotatable bonds is 14. The highest BCUT2D eigenvalue weighted by Gasteiger charge is 2.41. The van der Waals surface area contributed by atoms with Crippen molar-refractivity contribution in [1.29, 1.82) is 0 Å². The van der Waals surface area contributed by atoms with E-state index in [0.29, 0.717) is 0 Å². The molecule has 24 heavy (non-hydrogen) atoms. The first-order chi connectivity index (χ1) is 11.7. The molecule has 3 heteroatoms. The van der Waals surface area contributed by atoms with Crippen LogP contribution in [-0.4, -0.2) is 41.3 Å². The van der Waals surface area contributed by atoms with E-state index in [2.05, 4.69) is 31.0 Å². The number of aliphatic hydroxyl groups excluding tert-OH is 1. The van der Waals surface area contributed by atoms with E-state index in [9.17, 15) is 5.11 Å². The SMILES string of the molecule is CC/C=C/CCCCCCCCCCC1N=CC[N+]1(CC)C(C)O. The molecule has 0 bridgehead atoms. The van der Waals surface area contributed by atoms with Crippen LogP contribution < -0.4 is 0 Å². The molecule has 0 aromatic rings. The summed E-state index contributed by atoms with van der Waals surface area (Å²) in [5, 5.41) is 10.2. The zero-order valence-electron chi connectivity index (χ0n) is 16.4. The standard InChI is InChI=1S/C21H41N2O/c1-4-6-7-8-9-10-11-12-13-14-15-16-17-21-22-18-19-23(21,5-2)20(3)24/h6-7,18,20-21,24H,4-5,8-17,19H2,1-3H3/q+1/b7-6+. The predicted octanol–water partition coefficient (Wildman–Crippen LogP) is 5.44.